The minimum atomic E-state index is -0.690. The number of carbonyl (C=O) groups is 2. The van der Waals surface area contributed by atoms with E-state index in [0.717, 1.165) is 58.5 Å². The molecule has 2 amide bonds. The molecule has 0 unspecified atom stereocenters. The fourth-order valence-electron chi connectivity index (χ4n) is 5.61. The van der Waals surface area contributed by atoms with Crippen molar-refractivity contribution in [1.82, 2.24) is 35.8 Å². The van der Waals surface area contributed by atoms with Crippen LogP contribution in [0.2, 0.25) is 0 Å². The number of benzene rings is 3. The summed E-state index contributed by atoms with van der Waals surface area (Å²) in [5.74, 6) is 0.398. The van der Waals surface area contributed by atoms with Gasteiger partial charge in [0.05, 0.1) is 18.3 Å². The lowest BCUT2D eigenvalue weighted by Crippen LogP contribution is -2.47. The summed E-state index contributed by atoms with van der Waals surface area (Å²) < 4.78 is 0. The lowest BCUT2D eigenvalue weighted by atomic mass is 9.99. The number of nitrogens with zero attached hydrogens (tertiary/aromatic N) is 3. The van der Waals surface area contributed by atoms with Gasteiger partial charge in [0.1, 0.15) is 11.9 Å². The monoisotopic (exact) mass is 617 g/mol. The molecule has 0 radical (unpaired) electrons. The van der Waals surface area contributed by atoms with E-state index < -0.39 is 6.04 Å². The maximum absolute atomic E-state index is 13.7. The van der Waals surface area contributed by atoms with Crippen LogP contribution in [0.4, 0.5) is 0 Å². The molecule has 0 aliphatic carbocycles. The summed E-state index contributed by atoms with van der Waals surface area (Å²) in [7, 11) is 2.05. The van der Waals surface area contributed by atoms with Crippen molar-refractivity contribution in [2.24, 2.45) is 0 Å². The third-order valence-corrected chi connectivity index (χ3v) is 8.23. The lowest BCUT2D eigenvalue weighted by molar-refractivity contribution is -0.123. The van der Waals surface area contributed by atoms with Crippen LogP contribution in [0.5, 0.6) is 0 Å². The van der Waals surface area contributed by atoms with Crippen molar-refractivity contribution in [2.75, 3.05) is 13.6 Å². The van der Waals surface area contributed by atoms with Crippen LogP contribution in [-0.4, -0.2) is 51.3 Å². The van der Waals surface area contributed by atoms with E-state index in [9.17, 15) is 9.59 Å². The smallest absolute Gasteiger partial charge is 0.251 e. The first kappa shape index (κ1) is 32.5. The summed E-state index contributed by atoms with van der Waals surface area (Å²) in [5, 5.41) is 11.8. The molecule has 2 aromatic heterocycles. The van der Waals surface area contributed by atoms with Crippen LogP contribution in [0.1, 0.15) is 64.4 Å². The van der Waals surface area contributed by atoms with E-state index in [-0.39, 0.29) is 17.9 Å². The lowest BCUT2D eigenvalue weighted by Gasteiger charge is -2.24. The van der Waals surface area contributed by atoms with Gasteiger partial charge in [-0.1, -0.05) is 60.7 Å². The Labute approximate surface area is 270 Å². The molecule has 0 aliphatic heterocycles. The van der Waals surface area contributed by atoms with Gasteiger partial charge in [0, 0.05) is 37.2 Å². The number of aromatic nitrogens is 3. The summed E-state index contributed by atoms with van der Waals surface area (Å²) in [6.07, 6.45) is 6.56. The van der Waals surface area contributed by atoms with Crippen LogP contribution >= 0.6 is 0 Å². The first-order valence-electron chi connectivity index (χ1n) is 15.8. The van der Waals surface area contributed by atoms with Crippen molar-refractivity contribution in [1.29, 1.82) is 0 Å². The highest BCUT2D eigenvalue weighted by Gasteiger charge is 2.24. The minimum absolute atomic E-state index is 0.198. The number of imidazole rings is 1. The number of rotatable bonds is 15. The molecule has 9 heteroatoms. The molecule has 0 aliphatic rings. The second kappa shape index (κ2) is 15.9. The average molecular weight is 618 g/mol. The summed E-state index contributed by atoms with van der Waals surface area (Å²) in [4.78, 5) is 41.2. The predicted molar refractivity (Wildman–Crippen MR) is 182 cm³/mol. The van der Waals surface area contributed by atoms with E-state index in [1.165, 1.54) is 0 Å². The summed E-state index contributed by atoms with van der Waals surface area (Å²) >= 11 is 0. The highest BCUT2D eigenvalue weighted by molar-refractivity contribution is 5.97. The molecule has 3 aromatic carbocycles. The third-order valence-electron chi connectivity index (χ3n) is 8.23. The van der Waals surface area contributed by atoms with E-state index >= 15 is 0 Å². The summed E-state index contributed by atoms with van der Waals surface area (Å²) in [5.41, 5.74) is 4.79. The molecule has 0 saturated heterocycles. The van der Waals surface area contributed by atoms with Gasteiger partial charge in [-0.25, -0.2) is 4.98 Å². The zero-order valence-electron chi connectivity index (χ0n) is 26.8. The molecule has 5 aromatic rings. The van der Waals surface area contributed by atoms with Crippen molar-refractivity contribution in [3.8, 4) is 0 Å². The Morgan fingerprint density at radius 1 is 0.891 bits per heavy atom. The normalized spacial score (nSPS) is 12.6. The first-order valence-corrected chi connectivity index (χ1v) is 15.8. The van der Waals surface area contributed by atoms with Gasteiger partial charge in [-0.3, -0.25) is 14.6 Å². The van der Waals surface area contributed by atoms with Crippen LogP contribution in [0.3, 0.4) is 0 Å². The number of hydrogen-bond donors (Lipinski definition) is 4. The first-order chi connectivity index (χ1) is 22.4. The molecule has 0 fully saturated rings. The number of fused-ring (bicyclic) bond motifs is 1. The van der Waals surface area contributed by atoms with Crippen molar-refractivity contribution < 1.29 is 9.59 Å². The largest absolute Gasteiger partial charge is 0.348 e. The van der Waals surface area contributed by atoms with Crippen LogP contribution in [0.25, 0.3) is 10.8 Å². The maximum atomic E-state index is 13.7. The highest BCUT2D eigenvalue weighted by Crippen LogP contribution is 2.24. The molecule has 238 valence electrons. The number of hydrogen-bond acceptors (Lipinski definition) is 6. The van der Waals surface area contributed by atoms with Gasteiger partial charge in [0.2, 0.25) is 5.91 Å². The summed E-state index contributed by atoms with van der Waals surface area (Å²) in [6.45, 7) is 6.80. The number of carbonyl (C=O) groups excluding carboxylic acids is 2. The maximum Gasteiger partial charge on any atom is 0.251 e. The van der Waals surface area contributed by atoms with Crippen molar-refractivity contribution in [2.45, 2.75) is 58.4 Å². The Bertz CT molecular complexity index is 1710. The topological polar surface area (TPSA) is 115 Å². The van der Waals surface area contributed by atoms with Gasteiger partial charge in [-0.15, -0.1) is 0 Å². The van der Waals surface area contributed by atoms with Gasteiger partial charge < -0.3 is 25.8 Å². The molecule has 9 nitrogen and oxygen atoms in total. The van der Waals surface area contributed by atoms with E-state index in [1.54, 1.807) is 24.5 Å². The molecular weight excluding hydrogens is 574 g/mol. The number of nitrogens with one attached hydrogen (secondary N) is 4. The Balaban J connectivity index is 1.23. The number of aromatic amines is 1. The quantitative estimate of drug-likeness (QED) is 0.124. The second-order valence-corrected chi connectivity index (χ2v) is 11.8. The van der Waals surface area contributed by atoms with Crippen LogP contribution < -0.4 is 16.0 Å². The molecule has 0 bridgehead atoms. The zero-order valence-corrected chi connectivity index (χ0v) is 26.8. The summed E-state index contributed by atoms with van der Waals surface area (Å²) in [6, 6.07) is 24.8. The fourth-order valence-corrected chi connectivity index (χ4v) is 5.61. The molecule has 2 atom stereocenters. The molecule has 4 N–H and O–H groups in total. The second-order valence-electron chi connectivity index (χ2n) is 11.8. The number of pyridine rings is 1. The van der Waals surface area contributed by atoms with Gasteiger partial charge in [-0.2, -0.15) is 0 Å². The van der Waals surface area contributed by atoms with E-state index in [1.807, 2.05) is 55.6 Å². The number of H-pyrrole nitrogens is 1. The third kappa shape index (κ3) is 8.87. The molecular formula is C37H43N7O2. The van der Waals surface area contributed by atoms with Crippen LogP contribution in [0, 0.1) is 6.92 Å². The van der Waals surface area contributed by atoms with Gasteiger partial charge >= 0.3 is 0 Å². The zero-order chi connectivity index (χ0) is 32.3. The molecule has 46 heavy (non-hydrogen) atoms. The molecule has 0 spiro atoms. The van der Waals surface area contributed by atoms with Crippen molar-refractivity contribution in [3.63, 3.8) is 0 Å². The Kier molecular flexibility index (Phi) is 11.3. The number of aryl methyl sites for hydroxylation is 1. The van der Waals surface area contributed by atoms with Crippen LogP contribution in [0.15, 0.2) is 97.5 Å². The Morgan fingerprint density at radius 2 is 1.70 bits per heavy atom. The highest BCUT2D eigenvalue weighted by atomic mass is 16.2. The molecule has 2 heterocycles. The van der Waals surface area contributed by atoms with Gasteiger partial charge in [0.15, 0.2) is 0 Å². The fraction of sp³-hybridized carbons (Fsp3) is 0.297. The predicted octanol–water partition coefficient (Wildman–Crippen LogP) is 5.44. The van der Waals surface area contributed by atoms with Crippen molar-refractivity contribution in [3.05, 3.63) is 131 Å². The molecule has 0 saturated carbocycles. The average Bonchev–Trinajstić information content (AvgIpc) is 3.59. The number of amides is 2. The van der Waals surface area contributed by atoms with Crippen molar-refractivity contribution >= 4 is 22.6 Å². The molecule has 5 rings (SSSR count). The van der Waals surface area contributed by atoms with Gasteiger partial charge in [-0.05, 0) is 85.9 Å². The van der Waals surface area contributed by atoms with E-state index in [4.69, 9.17) is 0 Å². The minimum Gasteiger partial charge on any atom is -0.348 e. The standard InChI is InChI=1S/C37H43N7O2/c1-26-9-7-19-39-34(26)25-44(3)22-8-14-33(37(46)42-27(2)31-13-6-11-29-10-4-5-12-32(29)31)43-36(45)30-17-15-28(16-18-30)23-38-24-35-40-20-21-41-35/h4-7,9-13,15-21,27,33,38H,8,14,22-25H2,1-3H3,(H,40,41)(H,42,46)(H,43,45)/t27-,33-/m0/s1. The van der Waals surface area contributed by atoms with Crippen LogP contribution in [-0.2, 0) is 24.4 Å². The Hall–Kier alpha value is -4.86. The van der Waals surface area contributed by atoms with E-state index in [0.29, 0.717) is 25.1 Å². The Morgan fingerprint density at radius 3 is 2.48 bits per heavy atom. The van der Waals surface area contributed by atoms with Gasteiger partial charge in [0.25, 0.3) is 5.91 Å². The van der Waals surface area contributed by atoms with E-state index in [2.05, 4.69) is 74.0 Å². The SMILES string of the molecule is Cc1cccnc1CN(C)CCC[C@H](NC(=O)c1ccc(CNCc2ncc[nH]2)cc1)C(=O)N[C@@H](C)c1cccc2ccccc12.